The molecule has 1 N–H and O–H groups in total. The van der Waals surface area contributed by atoms with E-state index in [0.29, 0.717) is 12.0 Å². The second kappa shape index (κ2) is 8.35. The Morgan fingerprint density at radius 2 is 1.71 bits per heavy atom. The van der Waals surface area contributed by atoms with E-state index in [1.165, 1.54) is 11.1 Å². The second-order valence-corrected chi connectivity index (χ2v) is 6.49. The van der Waals surface area contributed by atoms with Crippen molar-refractivity contribution in [2.45, 2.75) is 38.6 Å². The standard InChI is InChI=1S/C19H24BrN/c1-3-19(17-10-7-11-18(20)14-17)21-13-12-15(2)16-8-5-4-6-9-16/h4-11,14-15,19,21H,3,12-13H2,1-2H3. The number of hydrogen-bond acceptors (Lipinski definition) is 1. The van der Waals surface area contributed by atoms with Gasteiger partial charge in [0.2, 0.25) is 0 Å². The lowest BCUT2D eigenvalue weighted by Crippen LogP contribution is -2.23. The second-order valence-electron chi connectivity index (χ2n) is 5.57. The summed E-state index contributed by atoms with van der Waals surface area (Å²) >= 11 is 3.55. The van der Waals surface area contributed by atoms with Crippen LogP contribution in [0.1, 0.15) is 49.8 Å². The molecule has 2 rings (SSSR count). The topological polar surface area (TPSA) is 12.0 Å². The first-order chi connectivity index (χ1) is 10.2. The summed E-state index contributed by atoms with van der Waals surface area (Å²) in [7, 11) is 0. The molecule has 0 spiro atoms. The van der Waals surface area contributed by atoms with E-state index in [1.807, 2.05) is 0 Å². The van der Waals surface area contributed by atoms with Crippen LogP contribution in [0.3, 0.4) is 0 Å². The van der Waals surface area contributed by atoms with E-state index in [1.54, 1.807) is 0 Å². The number of nitrogens with one attached hydrogen (secondary N) is 1. The molecule has 2 atom stereocenters. The Morgan fingerprint density at radius 1 is 1.00 bits per heavy atom. The highest BCUT2D eigenvalue weighted by molar-refractivity contribution is 9.10. The number of rotatable bonds is 7. The molecule has 0 saturated heterocycles. The zero-order valence-corrected chi connectivity index (χ0v) is 14.4. The molecule has 0 aromatic heterocycles. The lowest BCUT2D eigenvalue weighted by atomic mass is 9.97. The molecule has 2 heteroatoms. The van der Waals surface area contributed by atoms with Crippen molar-refractivity contribution in [3.8, 4) is 0 Å². The molecule has 0 amide bonds. The van der Waals surface area contributed by atoms with Crippen LogP contribution in [0.5, 0.6) is 0 Å². The third-order valence-corrected chi connectivity index (χ3v) is 4.49. The van der Waals surface area contributed by atoms with Crippen LogP contribution in [-0.2, 0) is 0 Å². The molecular formula is C19H24BrN. The highest BCUT2D eigenvalue weighted by Gasteiger charge is 2.10. The monoisotopic (exact) mass is 345 g/mol. The largest absolute Gasteiger partial charge is 0.310 e. The fourth-order valence-electron chi connectivity index (χ4n) is 2.64. The number of benzene rings is 2. The molecule has 2 aromatic carbocycles. The van der Waals surface area contributed by atoms with E-state index in [0.717, 1.165) is 23.9 Å². The van der Waals surface area contributed by atoms with E-state index in [9.17, 15) is 0 Å². The van der Waals surface area contributed by atoms with Gasteiger partial charge < -0.3 is 5.32 Å². The van der Waals surface area contributed by atoms with Gasteiger partial charge in [0, 0.05) is 10.5 Å². The van der Waals surface area contributed by atoms with Crippen LogP contribution in [0.15, 0.2) is 59.1 Å². The molecule has 21 heavy (non-hydrogen) atoms. The van der Waals surface area contributed by atoms with Gasteiger partial charge in [-0.2, -0.15) is 0 Å². The maximum absolute atomic E-state index is 3.69. The molecule has 0 aliphatic heterocycles. The van der Waals surface area contributed by atoms with Crippen molar-refractivity contribution in [2.24, 2.45) is 0 Å². The summed E-state index contributed by atoms with van der Waals surface area (Å²) < 4.78 is 1.15. The fraction of sp³-hybridized carbons (Fsp3) is 0.368. The van der Waals surface area contributed by atoms with Gasteiger partial charge >= 0.3 is 0 Å². The Balaban J connectivity index is 1.86. The van der Waals surface area contributed by atoms with E-state index >= 15 is 0 Å². The van der Waals surface area contributed by atoms with Gasteiger partial charge in [-0.15, -0.1) is 0 Å². The van der Waals surface area contributed by atoms with E-state index < -0.39 is 0 Å². The van der Waals surface area contributed by atoms with Crippen molar-refractivity contribution in [1.29, 1.82) is 0 Å². The smallest absolute Gasteiger partial charge is 0.0318 e. The maximum Gasteiger partial charge on any atom is 0.0318 e. The van der Waals surface area contributed by atoms with E-state index in [2.05, 4.69) is 89.7 Å². The predicted octanol–water partition coefficient (Wildman–Crippen LogP) is 5.68. The summed E-state index contributed by atoms with van der Waals surface area (Å²) in [6.07, 6.45) is 2.27. The first-order valence-corrected chi connectivity index (χ1v) is 8.53. The van der Waals surface area contributed by atoms with Crippen LogP contribution >= 0.6 is 15.9 Å². The highest BCUT2D eigenvalue weighted by Crippen LogP contribution is 2.22. The molecule has 0 aliphatic rings. The minimum Gasteiger partial charge on any atom is -0.310 e. The third-order valence-electron chi connectivity index (χ3n) is 4.00. The molecule has 0 fully saturated rings. The third kappa shape index (κ3) is 4.98. The number of halogens is 1. The van der Waals surface area contributed by atoms with Gasteiger partial charge in [0.1, 0.15) is 0 Å². The fourth-order valence-corrected chi connectivity index (χ4v) is 3.06. The quantitative estimate of drug-likeness (QED) is 0.680. The van der Waals surface area contributed by atoms with Crippen LogP contribution in [0.4, 0.5) is 0 Å². The van der Waals surface area contributed by atoms with Gasteiger partial charge in [0.05, 0.1) is 0 Å². The Labute approximate surface area is 136 Å². The molecule has 2 unspecified atom stereocenters. The molecule has 0 saturated carbocycles. The maximum atomic E-state index is 3.69. The first-order valence-electron chi connectivity index (χ1n) is 7.74. The molecule has 2 aromatic rings. The van der Waals surface area contributed by atoms with Crippen LogP contribution in [0, 0.1) is 0 Å². The van der Waals surface area contributed by atoms with Crippen LogP contribution in [-0.4, -0.2) is 6.54 Å². The minimum absolute atomic E-state index is 0.436. The molecular weight excluding hydrogens is 322 g/mol. The molecule has 0 aliphatic carbocycles. The normalized spacial score (nSPS) is 13.9. The Bertz CT molecular complexity index is 538. The summed E-state index contributed by atoms with van der Waals surface area (Å²) in [6.45, 7) is 5.58. The molecule has 0 bridgehead atoms. The zero-order chi connectivity index (χ0) is 15.1. The molecule has 1 nitrogen and oxygen atoms in total. The van der Waals surface area contributed by atoms with Crippen LogP contribution in [0.25, 0.3) is 0 Å². The van der Waals surface area contributed by atoms with Gasteiger partial charge in [0.25, 0.3) is 0 Å². The van der Waals surface area contributed by atoms with Crippen molar-refractivity contribution in [3.05, 3.63) is 70.2 Å². The van der Waals surface area contributed by atoms with Gasteiger partial charge in [-0.1, -0.05) is 72.2 Å². The SMILES string of the molecule is CCC(NCCC(C)c1ccccc1)c1cccc(Br)c1. The van der Waals surface area contributed by atoms with Crippen molar-refractivity contribution in [2.75, 3.05) is 6.54 Å². The summed E-state index contributed by atoms with van der Waals surface area (Å²) in [5.41, 5.74) is 2.79. The van der Waals surface area contributed by atoms with Crippen molar-refractivity contribution in [1.82, 2.24) is 5.32 Å². The van der Waals surface area contributed by atoms with Crippen molar-refractivity contribution >= 4 is 15.9 Å². The highest BCUT2D eigenvalue weighted by atomic mass is 79.9. The summed E-state index contributed by atoms with van der Waals surface area (Å²) in [6, 6.07) is 19.8. The van der Waals surface area contributed by atoms with Gasteiger partial charge in [-0.25, -0.2) is 0 Å². The summed E-state index contributed by atoms with van der Waals surface area (Å²) in [5, 5.41) is 3.69. The number of hydrogen-bond donors (Lipinski definition) is 1. The van der Waals surface area contributed by atoms with Gasteiger partial charge in [-0.3, -0.25) is 0 Å². The van der Waals surface area contributed by atoms with E-state index in [4.69, 9.17) is 0 Å². The lowest BCUT2D eigenvalue weighted by molar-refractivity contribution is 0.493. The van der Waals surface area contributed by atoms with Crippen LogP contribution < -0.4 is 5.32 Å². The lowest BCUT2D eigenvalue weighted by Gasteiger charge is -2.19. The average molecular weight is 346 g/mol. The van der Waals surface area contributed by atoms with E-state index in [-0.39, 0.29) is 0 Å². The summed E-state index contributed by atoms with van der Waals surface area (Å²) in [4.78, 5) is 0. The van der Waals surface area contributed by atoms with Gasteiger partial charge in [-0.05, 0) is 48.6 Å². The van der Waals surface area contributed by atoms with Crippen LogP contribution in [0.2, 0.25) is 0 Å². The predicted molar refractivity (Wildman–Crippen MR) is 94.7 cm³/mol. The minimum atomic E-state index is 0.436. The Hall–Kier alpha value is -1.12. The summed E-state index contributed by atoms with van der Waals surface area (Å²) in [5.74, 6) is 0.596. The molecule has 0 heterocycles. The average Bonchev–Trinajstić information content (AvgIpc) is 2.52. The van der Waals surface area contributed by atoms with Crippen molar-refractivity contribution in [3.63, 3.8) is 0 Å². The molecule has 112 valence electrons. The Morgan fingerprint density at radius 3 is 2.38 bits per heavy atom. The zero-order valence-electron chi connectivity index (χ0n) is 12.9. The molecule has 0 radical (unpaired) electrons. The van der Waals surface area contributed by atoms with Crippen molar-refractivity contribution < 1.29 is 0 Å². The Kier molecular flexibility index (Phi) is 6.47. The first kappa shape index (κ1) is 16.3. The van der Waals surface area contributed by atoms with Gasteiger partial charge in [0.15, 0.2) is 0 Å².